The smallest absolute Gasteiger partial charge is 0.253 e. The third kappa shape index (κ3) is 3.64. The molecule has 0 radical (unpaired) electrons. The normalized spacial score (nSPS) is 13.7. The van der Waals surface area contributed by atoms with Gasteiger partial charge in [-0.15, -0.1) is 0 Å². The van der Waals surface area contributed by atoms with Gasteiger partial charge in [-0.25, -0.2) is 0 Å². The molecule has 1 aromatic heterocycles. The molecule has 0 unspecified atom stereocenters. The SMILES string of the molecule is CCN(Cc1ccccc1)c1cncc(C(=O)NC2CC2)c1. The van der Waals surface area contributed by atoms with Gasteiger partial charge in [0, 0.05) is 25.3 Å². The van der Waals surface area contributed by atoms with Gasteiger partial charge in [-0.2, -0.15) is 0 Å². The Morgan fingerprint density at radius 1 is 1.27 bits per heavy atom. The molecule has 0 bridgehead atoms. The fraction of sp³-hybridized carbons (Fsp3) is 0.333. The van der Waals surface area contributed by atoms with Gasteiger partial charge in [-0.05, 0) is 31.4 Å². The van der Waals surface area contributed by atoms with Crippen molar-refractivity contribution in [2.45, 2.75) is 32.4 Å². The van der Waals surface area contributed by atoms with Crippen molar-refractivity contribution in [1.29, 1.82) is 0 Å². The molecule has 1 aliphatic carbocycles. The first-order chi connectivity index (χ1) is 10.8. The van der Waals surface area contributed by atoms with Crippen LogP contribution in [0.25, 0.3) is 0 Å². The van der Waals surface area contributed by atoms with Crippen LogP contribution in [-0.4, -0.2) is 23.5 Å². The van der Waals surface area contributed by atoms with Crippen LogP contribution in [-0.2, 0) is 6.54 Å². The predicted octanol–water partition coefficient (Wildman–Crippen LogP) is 3.00. The van der Waals surface area contributed by atoms with Gasteiger partial charge in [0.1, 0.15) is 0 Å². The fourth-order valence-electron chi connectivity index (χ4n) is 2.41. The summed E-state index contributed by atoms with van der Waals surface area (Å²) >= 11 is 0. The summed E-state index contributed by atoms with van der Waals surface area (Å²) < 4.78 is 0. The number of aromatic nitrogens is 1. The van der Waals surface area contributed by atoms with Crippen molar-refractivity contribution in [3.8, 4) is 0 Å². The highest BCUT2D eigenvalue weighted by Gasteiger charge is 2.24. The minimum absolute atomic E-state index is 0.0207. The van der Waals surface area contributed by atoms with Gasteiger partial charge in [-0.3, -0.25) is 9.78 Å². The molecule has 1 saturated carbocycles. The number of nitrogens with one attached hydrogen (secondary N) is 1. The van der Waals surface area contributed by atoms with E-state index in [1.165, 1.54) is 5.56 Å². The molecule has 4 nitrogen and oxygen atoms in total. The molecule has 114 valence electrons. The monoisotopic (exact) mass is 295 g/mol. The summed E-state index contributed by atoms with van der Waals surface area (Å²) in [7, 11) is 0. The lowest BCUT2D eigenvalue weighted by molar-refractivity contribution is 0.0950. The van der Waals surface area contributed by atoms with Crippen molar-refractivity contribution in [2.24, 2.45) is 0 Å². The number of benzene rings is 1. The molecule has 4 heteroatoms. The number of nitrogens with zero attached hydrogens (tertiary/aromatic N) is 2. The standard InChI is InChI=1S/C18H21N3O/c1-2-21(13-14-6-4-3-5-7-14)17-10-15(11-19-12-17)18(22)20-16-8-9-16/h3-7,10-12,16H,2,8-9,13H2,1H3,(H,20,22). The minimum atomic E-state index is -0.0207. The topological polar surface area (TPSA) is 45.2 Å². The van der Waals surface area contributed by atoms with E-state index in [1.807, 2.05) is 30.5 Å². The number of anilines is 1. The van der Waals surface area contributed by atoms with E-state index in [2.05, 4.69) is 34.3 Å². The van der Waals surface area contributed by atoms with Crippen LogP contribution >= 0.6 is 0 Å². The van der Waals surface area contributed by atoms with Gasteiger partial charge >= 0.3 is 0 Å². The Morgan fingerprint density at radius 2 is 2.05 bits per heavy atom. The third-order valence-corrected chi connectivity index (χ3v) is 3.86. The molecule has 0 atom stereocenters. The number of carbonyl (C=O) groups excluding carboxylic acids is 1. The maximum Gasteiger partial charge on any atom is 0.253 e. The third-order valence-electron chi connectivity index (χ3n) is 3.86. The number of rotatable bonds is 6. The van der Waals surface area contributed by atoms with Crippen LogP contribution in [0, 0.1) is 0 Å². The van der Waals surface area contributed by atoms with Crippen molar-refractivity contribution in [1.82, 2.24) is 10.3 Å². The molecule has 22 heavy (non-hydrogen) atoms. The van der Waals surface area contributed by atoms with Gasteiger partial charge in [0.05, 0.1) is 17.4 Å². The van der Waals surface area contributed by atoms with E-state index in [0.717, 1.165) is 31.6 Å². The Morgan fingerprint density at radius 3 is 2.73 bits per heavy atom. The Hall–Kier alpha value is -2.36. The molecule has 2 aromatic rings. The van der Waals surface area contributed by atoms with E-state index >= 15 is 0 Å². The first-order valence-corrected chi connectivity index (χ1v) is 7.81. The van der Waals surface area contributed by atoms with Crippen LogP contribution in [0.1, 0.15) is 35.7 Å². The van der Waals surface area contributed by atoms with Crippen molar-refractivity contribution in [3.63, 3.8) is 0 Å². The molecule has 1 fully saturated rings. The van der Waals surface area contributed by atoms with E-state index in [0.29, 0.717) is 11.6 Å². The summed E-state index contributed by atoms with van der Waals surface area (Å²) in [5.41, 5.74) is 2.86. The van der Waals surface area contributed by atoms with Crippen LogP contribution < -0.4 is 10.2 Å². The lowest BCUT2D eigenvalue weighted by atomic mass is 10.2. The maximum absolute atomic E-state index is 12.1. The summed E-state index contributed by atoms with van der Waals surface area (Å²) in [6.45, 7) is 3.79. The Kier molecular flexibility index (Phi) is 4.37. The molecule has 0 spiro atoms. The van der Waals surface area contributed by atoms with Crippen molar-refractivity contribution in [2.75, 3.05) is 11.4 Å². The molecule has 3 rings (SSSR count). The molecule has 1 aliphatic rings. The highest BCUT2D eigenvalue weighted by Crippen LogP contribution is 2.21. The zero-order valence-electron chi connectivity index (χ0n) is 12.8. The molecule has 1 aromatic carbocycles. The number of pyridine rings is 1. The maximum atomic E-state index is 12.1. The summed E-state index contributed by atoms with van der Waals surface area (Å²) in [4.78, 5) is 18.6. The molecule has 1 N–H and O–H groups in total. The van der Waals surface area contributed by atoms with Gasteiger partial charge in [0.2, 0.25) is 0 Å². The fourth-order valence-corrected chi connectivity index (χ4v) is 2.41. The van der Waals surface area contributed by atoms with Gasteiger partial charge in [-0.1, -0.05) is 30.3 Å². The summed E-state index contributed by atoms with van der Waals surface area (Å²) in [5.74, 6) is -0.0207. The van der Waals surface area contributed by atoms with Crippen molar-refractivity contribution < 1.29 is 4.79 Å². The average molecular weight is 295 g/mol. The summed E-state index contributed by atoms with van der Waals surface area (Å²) in [6.07, 6.45) is 5.64. The van der Waals surface area contributed by atoms with E-state index in [-0.39, 0.29) is 5.91 Å². The van der Waals surface area contributed by atoms with Crippen LogP contribution in [0.3, 0.4) is 0 Å². The van der Waals surface area contributed by atoms with Crippen molar-refractivity contribution >= 4 is 11.6 Å². The zero-order valence-corrected chi connectivity index (χ0v) is 12.8. The largest absolute Gasteiger partial charge is 0.366 e. The highest BCUT2D eigenvalue weighted by atomic mass is 16.1. The molecule has 1 amide bonds. The van der Waals surface area contributed by atoms with Crippen LogP contribution in [0.15, 0.2) is 48.8 Å². The number of hydrogen-bond acceptors (Lipinski definition) is 3. The predicted molar refractivity (Wildman–Crippen MR) is 87.9 cm³/mol. The average Bonchev–Trinajstić information content (AvgIpc) is 3.37. The van der Waals surface area contributed by atoms with Crippen molar-refractivity contribution in [3.05, 3.63) is 59.9 Å². The minimum Gasteiger partial charge on any atom is -0.366 e. The van der Waals surface area contributed by atoms with E-state index < -0.39 is 0 Å². The van der Waals surface area contributed by atoms with E-state index in [4.69, 9.17) is 0 Å². The second-order valence-electron chi connectivity index (χ2n) is 5.68. The van der Waals surface area contributed by atoms with Gasteiger partial charge in [0.15, 0.2) is 0 Å². The lowest BCUT2D eigenvalue weighted by Gasteiger charge is -2.23. The molecular formula is C18H21N3O. The van der Waals surface area contributed by atoms with Gasteiger partial charge < -0.3 is 10.2 Å². The van der Waals surface area contributed by atoms with Gasteiger partial charge in [0.25, 0.3) is 5.91 Å². The Bertz CT molecular complexity index is 638. The summed E-state index contributed by atoms with van der Waals surface area (Å²) in [6, 6.07) is 12.6. The van der Waals surface area contributed by atoms with Crippen LogP contribution in [0.2, 0.25) is 0 Å². The number of amides is 1. The molecule has 0 aliphatic heterocycles. The second-order valence-corrected chi connectivity index (χ2v) is 5.68. The molecular weight excluding hydrogens is 274 g/mol. The van der Waals surface area contributed by atoms with Crippen LogP contribution in [0.5, 0.6) is 0 Å². The second kappa shape index (κ2) is 6.60. The van der Waals surface area contributed by atoms with Crippen LogP contribution in [0.4, 0.5) is 5.69 Å². The quantitative estimate of drug-likeness (QED) is 0.891. The Balaban J connectivity index is 1.75. The first kappa shape index (κ1) is 14.6. The van der Waals surface area contributed by atoms with E-state index in [9.17, 15) is 4.79 Å². The van der Waals surface area contributed by atoms with E-state index in [1.54, 1.807) is 6.20 Å². The number of hydrogen-bond donors (Lipinski definition) is 1. The zero-order chi connectivity index (χ0) is 15.4. The summed E-state index contributed by atoms with van der Waals surface area (Å²) in [5, 5.41) is 3.01. The molecule has 1 heterocycles. The molecule has 0 saturated heterocycles. The first-order valence-electron chi connectivity index (χ1n) is 7.81. The highest BCUT2D eigenvalue weighted by molar-refractivity contribution is 5.95. The number of carbonyl (C=O) groups is 1. The lowest BCUT2D eigenvalue weighted by Crippen LogP contribution is -2.26. The Labute approximate surface area is 131 Å².